The van der Waals surface area contributed by atoms with Gasteiger partial charge in [-0.25, -0.2) is 14.5 Å². The molecule has 0 aliphatic carbocycles. The van der Waals surface area contributed by atoms with Gasteiger partial charge >= 0.3 is 12.1 Å². The van der Waals surface area contributed by atoms with Crippen LogP contribution in [0.3, 0.4) is 0 Å². The molecule has 1 saturated heterocycles. The third kappa shape index (κ3) is 5.94. The fourth-order valence-electron chi connectivity index (χ4n) is 3.48. The minimum atomic E-state index is -1.02. The normalized spacial score (nSPS) is 18.7. The molecule has 1 heterocycles. The Labute approximate surface area is 190 Å². The number of ether oxygens (including phenoxy) is 2. The van der Waals surface area contributed by atoms with Crippen LogP contribution in [0.5, 0.6) is 0 Å². The molecule has 6 nitrogen and oxygen atoms in total. The second-order valence-corrected chi connectivity index (χ2v) is 9.38. The topological polar surface area (TPSA) is 72.9 Å². The van der Waals surface area contributed by atoms with Gasteiger partial charge in [0.1, 0.15) is 18.2 Å². The maximum absolute atomic E-state index is 13.1. The Morgan fingerprint density at radius 3 is 2.35 bits per heavy atom. The zero-order valence-corrected chi connectivity index (χ0v) is 19.4. The van der Waals surface area contributed by atoms with Crippen LogP contribution in [0, 0.1) is 5.92 Å². The molecule has 0 aromatic heterocycles. The van der Waals surface area contributed by atoms with Crippen LogP contribution in [0.1, 0.15) is 38.3 Å². The van der Waals surface area contributed by atoms with Crippen LogP contribution in [0.2, 0.25) is 0 Å². The summed E-state index contributed by atoms with van der Waals surface area (Å²) in [7, 11) is 0. The molecular weight excluding hydrogens is 462 g/mol. The first-order chi connectivity index (χ1) is 14.7. The van der Waals surface area contributed by atoms with Crippen molar-refractivity contribution in [1.29, 1.82) is 0 Å². The highest BCUT2D eigenvalue weighted by Gasteiger charge is 2.48. The van der Waals surface area contributed by atoms with Crippen LogP contribution in [0.25, 0.3) is 0 Å². The van der Waals surface area contributed by atoms with Crippen LogP contribution >= 0.6 is 15.9 Å². The number of benzene rings is 2. The van der Waals surface area contributed by atoms with Crippen LogP contribution in [0.4, 0.5) is 4.79 Å². The van der Waals surface area contributed by atoms with Gasteiger partial charge in [0.25, 0.3) is 0 Å². The van der Waals surface area contributed by atoms with E-state index in [-0.39, 0.29) is 13.0 Å². The summed E-state index contributed by atoms with van der Waals surface area (Å²) in [4.78, 5) is 39.7. The first-order valence-corrected chi connectivity index (χ1v) is 10.9. The van der Waals surface area contributed by atoms with Gasteiger partial charge in [-0.15, -0.1) is 0 Å². The van der Waals surface area contributed by atoms with Crippen LogP contribution < -0.4 is 0 Å². The average Bonchev–Trinajstić information content (AvgIpc) is 3.04. The number of halogens is 1. The molecule has 2 unspecified atom stereocenters. The minimum absolute atomic E-state index is 0.0709. The minimum Gasteiger partial charge on any atom is -0.459 e. The van der Waals surface area contributed by atoms with Gasteiger partial charge in [0, 0.05) is 10.4 Å². The predicted octanol–water partition coefficient (Wildman–Crippen LogP) is 4.89. The summed E-state index contributed by atoms with van der Waals surface area (Å²) >= 11 is 3.49. The number of carbonyl (C=O) groups excluding carboxylic acids is 3. The van der Waals surface area contributed by atoms with Gasteiger partial charge in [-0.3, -0.25) is 4.79 Å². The second-order valence-electron chi connectivity index (χ2n) is 8.53. The van der Waals surface area contributed by atoms with Crippen molar-refractivity contribution < 1.29 is 23.9 Å². The summed E-state index contributed by atoms with van der Waals surface area (Å²) in [5, 5.41) is 0. The fraction of sp³-hybridized carbons (Fsp3) is 0.375. The predicted molar refractivity (Wildman–Crippen MR) is 119 cm³/mol. The number of imide groups is 1. The molecule has 0 radical (unpaired) electrons. The summed E-state index contributed by atoms with van der Waals surface area (Å²) < 4.78 is 11.7. The zero-order chi connectivity index (χ0) is 22.6. The Hall–Kier alpha value is -2.67. The number of hydrogen-bond acceptors (Lipinski definition) is 5. The van der Waals surface area contributed by atoms with Gasteiger partial charge in [0.15, 0.2) is 0 Å². The van der Waals surface area contributed by atoms with Crippen molar-refractivity contribution in [3.8, 4) is 0 Å². The molecular formula is C24H26BrNO5. The van der Waals surface area contributed by atoms with Crippen molar-refractivity contribution >= 4 is 33.9 Å². The third-order valence-electron chi connectivity index (χ3n) is 4.92. The summed E-state index contributed by atoms with van der Waals surface area (Å²) in [6.07, 6.45) is -0.233. The number of esters is 1. The number of nitrogens with zero attached hydrogens (tertiary/aromatic N) is 1. The van der Waals surface area contributed by atoms with Crippen LogP contribution in [-0.4, -0.2) is 34.5 Å². The number of hydrogen-bond donors (Lipinski definition) is 0. The molecule has 2 amide bonds. The molecule has 0 saturated carbocycles. The molecule has 0 N–H and O–H groups in total. The largest absolute Gasteiger partial charge is 0.459 e. The lowest BCUT2D eigenvalue weighted by atomic mass is 9.96. The first kappa shape index (κ1) is 23.0. The SMILES string of the molecule is CC(C)(C)OC(=O)N1C(=O)C(Cc2ccccc2Br)CC1C(=O)OCc1ccccc1. The van der Waals surface area contributed by atoms with Crippen LogP contribution in [0.15, 0.2) is 59.1 Å². The Bertz CT molecular complexity index is 954. The molecule has 1 aliphatic rings. The molecule has 164 valence electrons. The molecule has 2 aromatic carbocycles. The first-order valence-electron chi connectivity index (χ1n) is 10.2. The quantitative estimate of drug-likeness (QED) is 0.561. The van der Waals surface area contributed by atoms with E-state index in [2.05, 4.69) is 15.9 Å². The lowest BCUT2D eigenvalue weighted by Crippen LogP contribution is -2.46. The Morgan fingerprint density at radius 2 is 1.71 bits per heavy atom. The van der Waals surface area contributed by atoms with Crippen molar-refractivity contribution in [2.24, 2.45) is 5.92 Å². The highest BCUT2D eigenvalue weighted by Crippen LogP contribution is 2.32. The lowest BCUT2D eigenvalue weighted by Gasteiger charge is -2.26. The molecule has 0 bridgehead atoms. The molecule has 2 aromatic rings. The summed E-state index contributed by atoms with van der Waals surface area (Å²) in [5.41, 5.74) is 0.966. The van der Waals surface area contributed by atoms with Crippen molar-refractivity contribution in [1.82, 2.24) is 4.90 Å². The number of likely N-dealkylation sites (tertiary alicyclic amines) is 1. The third-order valence-corrected chi connectivity index (χ3v) is 5.69. The number of amides is 2. The Morgan fingerprint density at radius 1 is 1.06 bits per heavy atom. The summed E-state index contributed by atoms with van der Waals surface area (Å²) in [6.45, 7) is 5.22. The van der Waals surface area contributed by atoms with E-state index in [0.717, 1.165) is 20.5 Å². The van der Waals surface area contributed by atoms with Gasteiger partial charge in [-0.05, 0) is 50.8 Å². The van der Waals surface area contributed by atoms with Gasteiger partial charge in [-0.1, -0.05) is 64.5 Å². The van der Waals surface area contributed by atoms with E-state index in [0.29, 0.717) is 6.42 Å². The molecule has 2 atom stereocenters. The Kier molecular flexibility index (Phi) is 7.15. The van der Waals surface area contributed by atoms with E-state index in [9.17, 15) is 14.4 Å². The Balaban J connectivity index is 1.79. The molecule has 3 rings (SSSR count). The molecule has 1 fully saturated rings. The van der Waals surface area contributed by atoms with E-state index in [1.807, 2.05) is 54.6 Å². The monoisotopic (exact) mass is 487 g/mol. The highest BCUT2D eigenvalue weighted by atomic mass is 79.9. The highest BCUT2D eigenvalue weighted by molar-refractivity contribution is 9.10. The van der Waals surface area contributed by atoms with E-state index in [4.69, 9.17) is 9.47 Å². The molecule has 1 aliphatic heterocycles. The molecule has 7 heteroatoms. The van der Waals surface area contributed by atoms with E-state index in [1.54, 1.807) is 20.8 Å². The van der Waals surface area contributed by atoms with E-state index >= 15 is 0 Å². The van der Waals surface area contributed by atoms with Crippen LogP contribution in [-0.2, 0) is 32.1 Å². The number of rotatable bonds is 5. The summed E-state index contributed by atoms with van der Waals surface area (Å²) in [5.74, 6) is -1.56. The average molecular weight is 488 g/mol. The summed E-state index contributed by atoms with van der Waals surface area (Å²) in [6, 6.07) is 15.8. The van der Waals surface area contributed by atoms with Crippen molar-refractivity contribution in [2.75, 3.05) is 0 Å². The van der Waals surface area contributed by atoms with Gasteiger partial charge in [0.05, 0.1) is 0 Å². The standard InChI is InChI=1S/C24H26BrNO5/c1-24(2,3)31-23(29)26-20(22(28)30-15-16-9-5-4-6-10-16)14-18(21(26)27)13-17-11-7-8-12-19(17)25/h4-12,18,20H,13-15H2,1-3H3. The van der Waals surface area contributed by atoms with Crippen molar-refractivity contribution in [3.63, 3.8) is 0 Å². The maximum atomic E-state index is 13.1. The van der Waals surface area contributed by atoms with Gasteiger partial charge < -0.3 is 9.47 Å². The van der Waals surface area contributed by atoms with Crippen molar-refractivity contribution in [2.45, 2.75) is 51.9 Å². The maximum Gasteiger partial charge on any atom is 0.417 e. The smallest absolute Gasteiger partial charge is 0.417 e. The lowest BCUT2D eigenvalue weighted by molar-refractivity contribution is -0.152. The number of carbonyl (C=O) groups is 3. The van der Waals surface area contributed by atoms with Gasteiger partial charge in [-0.2, -0.15) is 0 Å². The zero-order valence-electron chi connectivity index (χ0n) is 17.8. The molecule has 31 heavy (non-hydrogen) atoms. The van der Waals surface area contributed by atoms with E-state index < -0.39 is 35.5 Å². The fourth-order valence-corrected chi connectivity index (χ4v) is 3.93. The molecule has 0 spiro atoms. The van der Waals surface area contributed by atoms with Crippen molar-refractivity contribution in [3.05, 3.63) is 70.2 Å². The van der Waals surface area contributed by atoms with E-state index in [1.165, 1.54) is 0 Å². The second kappa shape index (κ2) is 9.64. The van der Waals surface area contributed by atoms with Gasteiger partial charge in [0.2, 0.25) is 5.91 Å².